The number of nitrogens with zero attached hydrogens (tertiary/aromatic N) is 1. The zero-order valence-electron chi connectivity index (χ0n) is 12.7. The van der Waals surface area contributed by atoms with Crippen molar-refractivity contribution in [3.8, 4) is 0 Å². The van der Waals surface area contributed by atoms with E-state index in [0.717, 1.165) is 16.8 Å². The van der Waals surface area contributed by atoms with Crippen LogP contribution in [0.4, 0.5) is 5.69 Å². The van der Waals surface area contributed by atoms with Gasteiger partial charge in [-0.05, 0) is 30.3 Å². The first-order valence-electron chi connectivity index (χ1n) is 6.82. The van der Waals surface area contributed by atoms with Crippen molar-refractivity contribution in [1.29, 1.82) is 0 Å². The Morgan fingerprint density at radius 2 is 1.71 bits per heavy atom. The third-order valence-electron chi connectivity index (χ3n) is 3.13. The highest BCUT2D eigenvalue weighted by molar-refractivity contribution is 5.93. The van der Waals surface area contributed by atoms with Gasteiger partial charge < -0.3 is 19.7 Å². The normalized spacial score (nSPS) is 10.0. The lowest BCUT2D eigenvalue weighted by Gasteiger charge is -2.08. The molecule has 24 heavy (non-hydrogen) atoms. The van der Waals surface area contributed by atoms with Gasteiger partial charge >= 0.3 is 11.9 Å². The number of rotatable bonds is 5. The molecular weight excluding hydrogens is 316 g/mol. The fourth-order valence-corrected chi connectivity index (χ4v) is 1.94. The van der Waals surface area contributed by atoms with E-state index in [4.69, 9.17) is 5.11 Å². The van der Waals surface area contributed by atoms with Crippen molar-refractivity contribution < 1.29 is 24.2 Å². The van der Waals surface area contributed by atoms with Gasteiger partial charge in [0.15, 0.2) is 0 Å². The molecule has 1 amide bonds. The lowest BCUT2D eigenvalue weighted by Crippen LogP contribution is -2.27. The number of carboxylic acids is 1. The van der Waals surface area contributed by atoms with Gasteiger partial charge in [-0.1, -0.05) is 0 Å². The molecular formula is C16H14N2O6. The highest BCUT2D eigenvalue weighted by Gasteiger charge is 2.10. The summed E-state index contributed by atoms with van der Waals surface area (Å²) < 4.78 is 5.57. The lowest BCUT2D eigenvalue weighted by atomic mass is 10.2. The highest BCUT2D eigenvalue weighted by atomic mass is 16.5. The third-order valence-corrected chi connectivity index (χ3v) is 3.13. The molecule has 0 spiro atoms. The number of carbonyl (C=O) groups excluding carboxylic acids is 2. The number of hydrogen-bond acceptors (Lipinski definition) is 5. The molecule has 0 atom stereocenters. The number of carboxylic acid groups (broad SMARTS) is 1. The number of benzene rings is 1. The van der Waals surface area contributed by atoms with Gasteiger partial charge in [-0.15, -0.1) is 0 Å². The van der Waals surface area contributed by atoms with Crippen molar-refractivity contribution in [3.05, 3.63) is 64.1 Å². The minimum absolute atomic E-state index is 0.0927. The van der Waals surface area contributed by atoms with Crippen molar-refractivity contribution in [3.63, 3.8) is 0 Å². The Morgan fingerprint density at radius 1 is 1.08 bits per heavy atom. The Labute approximate surface area is 136 Å². The summed E-state index contributed by atoms with van der Waals surface area (Å²) >= 11 is 0. The van der Waals surface area contributed by atoms with E-state index in [1.54, 1.807) is 0 Å². The Hall–Kier alpha value is -3.42. The molecule has 8 heteroatoms. The van der Waals surface area contributed by atoms with Gasteiger partial charge in [-0.2, -0.15) is 0 Å². The predicted molar refractivity (Wildman–Crippen MR) is 84.1 cm³/mol. The number of esters is 1. The minimum atomic E-state index is -1.19. The number of carbonyl (C=O) groups is 3. The van der Waals surface area contributed by atoms with E-state index in [2.05, 4.69) is 10.1 Å². The van der Waals surface area contributed by atoms with Crippen LogP contribution in [-0.4, -0.2) is 34.6 Å². The number of aromatic nitrogens is 1. The second-order valence-corrected chi connectivity index (χ2v) is 4.81. The lowest BCUT2D eigenvalue weighted by molar-refractivity contribution is -0.116. The summed E-state index contributed by atoms with van der Waals surface area (Å²) in [5.74, 6) is -2.20. The van der Waals surface area contributed by atoms with Gasteiger partial charge in [0.1, 0.15) is 6.54 Å². The van der Waals surface area contributed by atoms with Crippen LogP contribution < -0.4 is 10.9 Å². The van der Waals surface area contributed by atoms with E-state index in [0.29, 0.717) is 11.3 Å². The Bertz CT molecular complexity index is 838. The number of pyridine rings is 1. The smallest absolute Gasteiger partial charge is 0.337 e. The third kappa shape index (κ3) is 4.07. The standard InChI is InChI=1S/C16H14N2O6/c1-24-16(23)10-2-5-12(6-3-10)17-13(19)9-18-8-11(15(21)22)4-7-14(18)20/h2-8H,9H2,1H3,(H,17,19)(H,21,22). The molecule has 0 aliphatic heterocycles. The van der Waals surface area contributed by atoms with Crippen LogP contribution in [0.1, 0.15) is 20.7 Å². The zero-order valence-corrected chi connectivity index (χ0v) is 12.7. The summed E-state index contributed by atoms with van der Waals surface area (Å²) in [6, 6.07) is 8.25. The molecule has 2 aromatic rings. The topological polar surface area (TPSA) is 115 Å². The maximum absolute atomic E-state index is 12.0. The number of amides is 1. The van der Waals surface area contributed by atoms with Gasteiger partial charge in [-0.25, -0.2) is 9.59 Å². The van der Waals surface area contributed by atoms with Crippen LogP contribution in [-0.2, 0) is 16.1 Å². The maximum Gasteiger partial charge on any atom is 0.337 e. The van der Waals surface area contributed by atoms with Crippen molar-refractivity contribution in [1.82, 2.24) is 4.57 Å². The first kappa shape index (κ1) is 16.9. The summed E-state index contributed by atoms with van der Waals surface area (Å²) in [6.07, 6.45) is 1.10. The van der Waals surface area contributed by atoms with Crippen LogP contribution in [0.5, 0.6) is 0 Å². The Morgan fingerprint density at radius 3 is 2.29 bits per heavy atom. The average molecular weight is 330 g/mol. The molecule has 0 saturated heterocycles. The van der Waals surface area contributed by atoms with Crippen LogP contribution in [0, 0.1) is 0 Å². The van der Waals surface area contributed by atoms with Gasteiger partial charge in [0.05, 0.1) is 18.2 Å². The summed E-state index contributed by atoms with van der Waals surface area (Å²) in [5.41, 5.74) is 0.178. The van der Waals surface area contributed by atoms with Crippen molar-refractivity contribution in [2.24, 2.45) is 0 Å². The first-order chi connectivity index (χ1) is 11.4. The molecule has 0 aliphatic carbocycles. The fraction of sp³-hybridized carbons (Fsp3) is 0.125. The van der Waals surface area contributed by atoms with E-state index in [1.165, 1.54) is 37.4 Å². The zero-order chi connectivity index (χ0) is 17.7. The molecule has 0 aliphatic rings. The van der Waals surface area contributed by atoms with Gasteiger partial charge in [0, 0.05) is 18.0 Å². The van der Waals surface area contributed by atoms with Gasteiger partial charge in [0.25, 0.3) is 5.56 Å². The van der Waals surface area contributed by atoms with Crippen molar-refractivity contribution in [2.45, 2.75) is 6.54 Å². The molecule has 0 radical (unpaired) electrons. The van der Waals surface area contributed by atoms with Crippen LogP contribution in [0.2, 0.25) is 0 Å². The predicted octanol–water partition coefficient (Wildman–Crippen LogP) is 0.972. The number of aromatic carboxylic acids is 1. The van der Waals surface area contributed by atoms with Crippen LogP contribution in [0.15, 0.2) is 47.4 Å². The van der Waals surface area contributed by atoms with E-state index in [9.17, 15) is 19.2 Å². The number of nitrogens with one attached hydrogen (secondary N) is 1. The largest absolute Gasteiger partial charge is 0.478 e. The van der Waals surface area contributed by atoms with Crippen LogP contribution in [0.3, 0.4) is 0 Å². The first-order valence-corrected chi connectivity index (χ1v) is 6.82. The van der Waals surface area contributed by atoms with E-state index in [1.807, 2.05) is 0 Å². The van der Waals surface area contributed by atoms with Crippen LogP contribution in [0.25, 0.3) is 0 Å². The maximum atomic E-state index is 12.0. The fourth-order valence-electron chi connectivity index (χ4n) is 1.94. The monoisotopic (exact) mass is 330 g/mol. The number of methoxy groups -OCH3 is 1. The van der Waals surface area contributed by atoms with E-state index in [-0.39, 0.29) is 12.1 Å². The molecule has 0 unspecified atom stereocenters. The molecule has 1 heterocycles. The molecule has 0 bridgehead atoms. The van der Waals surface area contributed by atoms with E-state index >= 15 is 0 Å². The molecule has 8 nitrogen and oxygen atoms in total. The molecule has 1 aromatic heterocycles. The average Bonchev–Trinajstić information content (AvgIpc) is 2.56. The molecule has 0 fully saturated rings. The molecule has 124 valence electrons. The minimum Gasteiger partial charge on any atom is -0.478 e. The summed E-state index contributed by atoms with van der Waals surface area (Å²) in [5, 5.41) is 11.5. The number of ether oxygens (including phenoxy) is 1. The van der Waals surface area contributed by atoms with Gasteiger partial charge in [0.2, 0.25) is 5.91 Å². The summed E-state index contributed by atoms with van der Waals surface area (Å²) in [4.78, 5) is 45.9. The van der Waals surface area contributed by atoms with Crippen LogP contribution >= 0.6 is 0 Å². The molecule has 2 rings (SSSR count). The van der Waals surface area contributed by atoms with Gasteiger partial charge in [-0.3, -0.25) is 9.59 Å². The second kappa shape index (κ2) is 7.23. The van der Waals surface area contributed by atoms with Crippen molar-refractivity contribution in [2.75, 3.05) is 12.4 Å². The Kier molecular flexibility index (Phi) is 5.10. The summed E-state index contributed by atoms with van der Waals surface area (Å²) in [7, 11) is 1.26. The number of hydrogen-bond donors (Lipinski definition) is 2. The second-order valence-electron chi connectivity index (χ2n) is 4.81. The highest BCUT2D eigenvalue weighted by Crippen LogP contribution is 2.10. The molecule has 0 saturated carbocycles. The van der Waals surface area contributed by atoms with E-state index < -0.39 is 23.4 Å². The molecule has 2 N–H and O–H groups in total. The SMILES string of the molecule is COC(=O)c1ccc(NC(=O)Cn2cc(C(=O)O)ccc2=O)cc1. The Balaban J connectivity index is 2.08. The molecule has 1 aromatic carbocycles. The summed E-state index contributed by atoms with van der Waals surface area (Å²) in [6.45, 7) is -0.335. The number of anilines is 1. The quantitative estimate of drug-likeness (QED) is 0.790. The van der Waals surface area contributed by atoms with Crippen molar-refractivity contribution >= 4 is 23.5 Å².